The van der Waals surface area contributed by atoms with Crippen molar-refractivity contribution < 1.29 is 9.13 Å². The Bertz CT molecular complexity index is 857. The van der Waals surface area contributed by atoms with Crippen LogP contribution in [0.4, 0.5) is 4.39 Å². The van der Waals surface area contributed by atoms with Crippen molar-refractivity contribution in [1.82, 2.24) is 5.32 Å². The monoisotopic (exact) mass is 405 g/mol. The Labute approximate surface area is 170 Å². The van der Waals surface area contributed by atoms with Crippen molar-refractivity contribution in [1.29, 1.82) is 0 Å². The topological polar surface area (TPSA) is 21.3 Å². The molecule has 27 heavy (non-hydrogen) atoms. The molecule has 0 amide bonds. The summed E-state index contributed by atoms with van der Waals surface area (Å²) in [6.45, 7) is 1.85. The minimum absolute atomic E-state index is 0. The van der Waals surface area contributed by atoms with E-state index in [1.807, 2.05) is 60.7 Å². The van der Waals surface area contributed by atoms with E-state index < -0.39 is 0 Å². The molecule has 0 heterocycles. The first-order valence-electron chi connectivity index (χ1n) is 8.61. The van der Waals surface area contributed by atoms with E-state index in [0.29, 0.717) is 31.1 Å². The van der Waals surface area contributed by atoms with E-state index >= 15 is 0 Å². The normalized spacial score (nSPS) is 10.3. The van der Waals surface area contributed by atoms with Crippen molar-refractivity contribution in [3.8, 4) is 5.75 Å². The van der Waals surface area contributed by atoms with Crippen LogP contribution in [0.3, 0.4) is 0 Å². The van der Waals surface area contributed by atoms with Crippen LogP contribution in [0.2, 0.25) is 5.02 Å². The summed E-state index contributed by atoms with van der Waals surface area (Å²) in [4.78, 5) is 0. The summed E-state index contributed by atoms with van der Waals surface area (Å²) in [7, 11) is 0. The summed E-state index contributed by atoms with van der Waals surface area (Å²) in [5, 5.41) is 4.05. The molecule has 0 saturated heterocycles. The Kier molecular flexibility index (Phi) is 8.59. The minimum atomic E-state index is -0.149. The SMILES string of the molecule is Cl.Fc1ccccc1CCNCc1cccc(OCc2ccccc2Cl)c1. The van der Waals surface area contributed by atoms with Gasteiger partial charge in [0.1, 0.15) is 18.2 Å². The van der Waals surface area contributed by atoms with Crippen LogP contribution in [0, 0.1) is 5.82 Å². The fraction of sp³-hybridized carbons (Fsp3) is 0.182. The smallest absolute Gasteiger partial charge is 0.126 e. The van der Waals surface area contributed by atoms with E-state index in [-0.39, 0.29) is 18.2 Å². The summed E-state index contributed by atoms with van der Waals surface area (Å²) >= 11 is 6.15. The van der Waals surface area contributed by atoms with Crippen LogP contribution in [-0.4, -0.2) is 6.54 Å². The van der Waals surface area contributed by atoms with Crippen molar-refractivity contribution in [3.05, 3.63) is 100 Å². The second-order valence-corrected chi connectivity index (χ2v) is 6.45. The molecular weight excluding hydrogens is 384 g/mol. The number of ether oxygens (including phenoxy) is 1. The third-order valence-electron chi connectivity index (χ3n) is 4.11. The third kappa shape index (κ3) is 6.55. The zero-order valence-corrected chi connectivity index (χ0v) is 16.4. The van der Waals surface area contributed by atoms with Gasteiger partial charge >= 0.3 is 0 Å². The van der Waals surface area contributed by atoms with Gasteiger partial charge in [0, 0.05) is 17.1 Å². The van der Waals surface area contributed by atoms with Gasteiger partial charge in [0.25, 0.3) is 0 Å². The lowest BCUT2D eigenvalue weighted by Crippen LogP contribution is -2.17. The third-order valence-corrected chi connectivity index (χ3v) is 4.48. The molecule has 0 unspecified atom stereocenters. The Morgan fingerprint density at radius 1 is 0.889 bits per heavy atom. The van der Waals surface area contributed by atoms with Gasteiger partial charge in [-0.05, 0) is 48.4 Å². The summed E-state index contributed by atoms with van der Waals surface area (Å²) in [6.07, 6.45) is 0.662. The Balaban J connectivity index is 0.00000261. The van der Waals surface area contributed by atoms with Gasteiger partial charge in [0.05, 0.1) is 0 Å². The van der Waals surface area contributed by atoms with Crippen LogP contribution in [0.5, 0.6) is 5.75 Å². The van der Waals surface area contributed by atoms with Crippen LogP contribution in [0.25, 0.3) is 0 Å². The molecule has 0 atom stereocenters. The van der Waals surface area contributed by atoms with Gasteiger partial charge in [0.15, 0.2) is 0 Å². The van der Waals surface area contributed by atoms with Gasteiger partial charge in [-0.1, -0.05) is 60.1 Å². The number of rotatable bonds is 8. The molecule has 1 N–H and O–H groups in total. The van der Waals surface area contributed by atoms with Crippen molar-refractivity contribution >= 4 is 24.0 Å². The maximum atomic E-state index is 13.6. The standard InChI is InChI=1S/C22H21ClFNO.ClH/c23-21-10-3-1-8-19(21)16-26-20-9-5-6-17(14-20)15-25-13-12-18-7-2-4-11-22(18)24;/h1-11,14,25H,12-13,15-16H2;1H. The molecule has 3 aromatic carbocycles. The molecule has 3 aromatic rings. The molecule has 142 valence electrons. The molecule has 3 rings (SSSR count). The van der Waals surface area contributed by atoms with Crippen LogP contribution >= 0.6 is 24.0 Å². The molecular formula is C22H22Cl2FNO. The molecule has 0 spiro atoms. The zero-order chi connectivity index (χ0) is 18.2. The summed E-state index contributed by atoms with van der Waals surface area (Å²) in [5.41, 5.74) is 2.81. The molecule has 0 saturated carbocycles. The van der Waals surface area contributed by atoms with Gasteiger partial charge in [0.2, 0.25) is 0 Å². The van der Waals surface area contributed by atoms with Crippen molar-refractivity contribution in [2.45, 2.75) is 19.6 Å². The highest BCUT2D eigenvalue weighted by atomic mass is 35.5. The predicted molar refractivity (Wildman–Crippen MR) is 111 cm³/mol. The lowest BCUT2D eigenvalue weighted by atomic mass is 10.1. The summed E-state index contributed by atoms with van der Waals surface area (Å²) < 4.78 is 19.4. The van der Waals surface area contributed by atoms with Gasteiger partial charge in [-0.15, -0.1) is 12.4 Å². The average Bonchev–Trinajstić information content (AvgIpc) is 2.66. The maximum Gasteiger partial charge on any atom is 0.126 e. The molecule has 0 aliphatic rings. The maximum absolute atomic E-state index is 13.6. The van der Waals surface area contributed by atoms with E-state index in [1.54, 1.807) is 6.07 Å². The number of hydrogen-bond donors (Lipinski definition) is 1. The molecule has 0 fully saturated rings. The zero-order valence-electron chi connectivity index (χ0n) is 14.8. The molecule has 0 aliphatic heterocycles. The quantitative estimate of drug-likeness (QED) is 0.477. The number of nitrogens with one attached hydrogen (secondary N) is 1. The fourth-order valence-electron chi connectivity index (χ4n) is 2.68. The number of halogens is 3. The van der Waals surface area contributed by atoms with E-state index in [9.17, 15) is 4.39 Å². The van der Waals surface area contributed by atoms with E-state index in [1.165, 1.54) is 6.07 Å². The molecule has 0 aliphatic carbocycles. The lowest BCUT2D eigenvalue weighted by Gasteiger charge is -2.10. The first-order chi connectivity index (χ1) is 12.7. The van der Waals surface area contributed by atoms with Crippen LogP contribution in [0.15, 0.2) is 72.8 Å². The van der Waals surface area contributed by atoms with Gasteiger partial charge < -0.3 is 10.1 Å². The Morgan fingerprint density at radius 2 is 1.63 bits per heavy atom. The van der Waals surface area contributed by atoms with Gasteiger partial charge in [-0.25, -0.2) is 4.39 Å². The largest absolute Gasteiger partial charge is 0.489 e. The molecule has 0 aromatic heterocycles. The second kappa shape index (κ2) is 10.9. The lowest BCUT2D eigenvalue weighted by molar-refractivity contribution is 0.306. The first-order valence-corrected chi connectivity index (χ1v) is 8.99. The number of hydrogen-bond acceptors (Lipinski definition) is 2. The van der Waals surface area contributed by atoms with Gasteiger partial charge in [-0.2, -0.15) is 0 Å². The molecule has 2 nitrogen and oxygen atoms in total. The highest BCUT2D eigenvalue weighted by Gasteiger charge is 2.03. The van der Waals surface area contributed by atoms with Crippen LogP contribution < -0.4 is 10.1 Å². The van der Waals surface area contributed by atoms with Crippen LogP contribution in [0.1, 0.15) is 16.7 Å². The average molecular weight is 406 g/mol. The molecule has 0 radical (unpaired) electrons. The van der Waals surface area contributed by atoms with Gasteiger partial charge in [-0.3, -0.25) is 0 Å². The summed E-state index contributed by atoms with van der Waals surface area (Å²) in [5.74, 6) is 0.655. The van der Waals surface area contributed by atoms with Crippen molar-refractivity contribution in [3.63, 3.8) is 0 Å². The van der Waals surface area contributed by atoms with Crippen LogP contribution in [-0.2, 0) is 19.6 Å². The highest BCUT2D eigenvalue weighted by Crippen LogP contribution is 2.19. The summed E-state index contributed by atoms with van der Waals surface area (Å²) in [6, 6.07) is 22.5. The minimum Gasteiger partial charge on any atom is -0.489 e. The van der Waals surface area contributed by atoms with Crippen molar-refractivity contribution in [2.75, 3.05) is 6.54 Å². The van der Waals surface area contributed by atoms with E-state index in [0.717, 1.165) is 22.4 Å². The number of benzene rings is 3. The second-order valence-electron chi connectivity index (χ2n) is 6.05. The fourth-order valence-corrected chi connectivity index (χ4v) is 2.87. The molecule has 0 bridgehead atoms. The van der Waals surface area contributed by atoms with E-state index in [2.05, 4.69) is 5.32 Å². The predicted octanol–water partition coefficient (Wildman–Crippen LogP) is 5.81. The Morgan fingerprint density at radius 3 is 2.41 bits per heavy atom. The molecule has 5 heteroatoms. The highest BCUT2D eigenvalue weighted by molar-refractivity contribution is 6.31. The van der Waals surface area contributed by atoms with E-state index in [4.69, 9.17) is 16.3 Å². The van der Waals surface area contributed by atoms with Crippen molar-refractivity contribution in [2.24, 2.45) is 0 Å². The Hall–Kier alpha value is -2.07. The first kappa shape index (κ1) is 21.2.